The maximum absolute atomic E-state index is 12.7. The molecule has 0 bridgehead atoms. The topological polar surface area (TPSA) is 78.9 Å². The second-order valence-corrected chi connectivity index (χ2v) is 15.0. The Labute approximate surface area is 361 Å². The van der Waals surface area contributed by atoms with Crippen molar-refractivity contribution in [2.45, 2.75) is 194 Å². The fourth-order valence-electron chi connectivity index (χ4n) is 5.87. The zero-order valence-electron chi connectivity index (χ0n) is 37.7. The van der Waals surface area contributed by atoms with Crippen molar-refractivity contribution in [1.29, 1.82) is 0 Å². The summed E-state index contributed by atoms with van der Waals surface area (Å²) in [4.78, 5) is 37.8. The minimum absolute atomic E-state index is 0.115. The van der Waals surface area contributed by atoms with Crippen LogP contribution < -0.4 is 0 Å². The fourth-order valence-corrected chi connectivity index (χ4v) is 5.87. The van der Waals surface area contributed by atoms with Crippen molar-refractivity contribution in [2.75, 3.05) is 13.2 Å². The highest BCUT2D eigenvalue weighted by molar-refractivity contribution is 5.71. The highest BCUT2D eigenvalue weighted by Crippen LogP contribution is 2.12. The molecule has 0 aliphatic heterocycles. The van der Waals surface area contributed by atoms with Crippen LogP contribution in [0.2, 0.25) is 0 Å². The lowest BCUT2D eigenvalue weighted by atomic mass is 10.1. The summed E-state index contributed by atoms with van der Waals surface area (Å²) in [5.74, 6) is -1.02. The van der Waals surface area contributed by atoms with Gasteiger partial charge < -0.3 is 14.2 Å². The van der Waals surface area contributed by atoms with Gasteiger partial charge >= 0.3 is 17.9 Å². The number of carbonyl (C=O) groups excluding carboxylic acids is 3. The van der Waals surface area contributed by atoms with Gasteiger partial charge in [0.1, 0.15) is 13.2 Å². The van der Waals surface area contributed by atoms with Crippen LogP contribution in [-0.4, -0.2) is 37.2 Å². The first kappa shape index (κ1) is 55.1. The Balaban J connectivity index is 4.50. The van der Waals surface area contributed by atoms with Gasteiger partial charge in [-0.1, -0.05) is 182 Å². The number of hydrogen-bond donors (Lipinski definition) is 0. The van der Waals surface area contributed by atoms with Gasteiger partial charge in [0.05, 0.1) is 0 Å². The molecule has 0 N–H and O–H groups in total. The molecule has 0 saturated carbocycles. The molecular weight excluding hydrogens is 733 g/mol. The Kier molecular flexibility index (Phi) is 43.6. The zero-order valence-corrected chi connectivity index (χ0v) is 37.7. The predicted octanol–water partition coefficient (Wildman–Crippen LogP) is 15.2. The molecular formula is C53H84O6. The average molecular weight is 817 g/mol. The number of hydrogen-bond acceptors (Lipinski definition) is 6. The van der Waals surface area contributed by atoms with Gasteiger partial charge in [-0.05, 0) is 96.3 Å². The minimum atomic E-state index is -0.815. The predicted molar refractivity (Wildman–Crippen MR) is 251 cm³/mol. The van der Waals surface area contributed by atoms with E-state index in [0.29, 0.717) is 19.3 Å². The maximum Gasteiger partial charge on any atom is 0.306 e. The smallest absolute Gasteiger partial charge is 0.306 e. The molecule has 0 aromatic carbocycles. The van der Waals surface area contributed by atoms with E-state index in [2.05, 4.69) is 130 Å². The lowest BCUT2D eigenvalue weighted by Crippen LogP contribution is -2.30. The SMILES string of the molecule is CC/C=C\C/C=C\C/C=C\CCCC(=O)OCC(COC(=O)CCCCCCC\C=C/C=C\C=C/C=C\CCCCC)OC(=O)CCCCCCC/C=C\C/C=C\CC. The fraction of sp³-hybridized carbons (Fsp3) is 0.604. The zero-order chi connectivity index (χ0) is 43.0. The van der Waals surface area contributed by atoms with Gasteiger partial charge in [0.25, 0.3) is 0 Å². The van der Waals surface area contributed by atoms with Crippen molar-refractivity contribution < 1.29 is 28.6 Å². The summed E-state index contributed by atoms with van der Waals surface area (Å²) in [5, 5.41) is 0. The monoisotopic (exact) mass is 817 g/mol. The van der Waals surface area contributed by atoms with Crippen molar-refractivity contribution in [3.05, 3.63) is 109 Å². The van der Waals surface area contributed by atoms with Crippen molar-refractivity contribution in [2.24, 2.45) is 0 Å². The van der Waals surface area contributed by atoms with Crippen LogP contribution in [0.5, 0.6) is 0 Å². The maximum atomic E-state index is 12.7. The molecule has 0 amide bonds. The van der Waals surface area contributed by atoms with Crippen molar-refractivity contribution >= 4 is 17.9 Å². The number of ether oxygens (including phenoxy) is 3. The molecule has 0 fully saturated rings. The number of unbranched alkanes of at least 4 members (excludes halogenated alkanes) is 14. The Hall–Kier alpha value is -3.93. The van der Waals surface area contributed by atoms with E-state index < -0.39 is 6.10 Å². The van der Waals surface area contributed by atoms with E-state index in [1.165, 1.54) is 19.3 Å². The normalized spacial score (nSPS) is 13.1. The molecule has 6 nitrogen and oxygen atoms in total. The van der Waals surface area contributed by atoms with Crippen molar-refractivity contribution in [3.63, 3.8) is 0 Å². The first-order valence-corrected chi connectivity index (χ1v) is 23.4. The number of carbonyl (C=O) groups is 3. The number of rotatable bonds is 40. The van der Waals surface area contributed by atoms with Crippen LogP contribution in [0.25, 0.3) is 0 Å². The summed E-state index contributed by atoms with van der Waals surface area (Å²) in [6, 6.07) is 0. The van der Waals surface area contributed by atoms with Gasteiger partial charge in [-0.2, -0.15) is 0 Å². The quantitative estimate of drug-likeness (QED) is 0.0201. The molecule has 0 saturated heterocycles. The molecule has 6 heteroatoms. The average Bonchev–Trinajstić information content (AvgIpc) is 3.23. The minimum Gasteiger partial charge on any atom is -0.462 e. The second kappa shape index (κ2) is 46.8. The number of esters is 3. The van der Waals surface area contributed by atoms with Gasteiger partial charge in [0.2, 0.25) is 0 Å². The Morgan fingerprint density at radius 1 is 0.373 bits per heavy atom. The molecule has 0 aliphatic carbocycles. The van der Waals surface area contributed by atoms with Gasteiger partial charge in [0.15, 0.2) is 6.10 Å². The van der Waals surface area contributed by atoms with Gasteiger partial charge in [-0.15, -0.1) is 0 Å². The van der Waals surface area contributed by atoms with Gasteiger partial charge in [0, 0.05) is 19.3 Å². The van der Waals surface area contributed by atoms with E-state index in [-0.39, 0.29) is 37.5 Å². The first-order valence-electron chi connectivity index (χ1n) is 23.4. The lowest BCUT2D eigenvalue weighted by molar-refractivity contribution is -0.167. The molecule has 1 unspecified atom stereocenters. The molecule has 59 heavy (non-hydrogen) atoms. The second-order valence-electron chi connectivity index (χ2n) is 15.0. The third-order valence-electron chi connectivity index (χ3n) is 9.34. The summed E-state index contributed by atoms with van der Waals surface area (Å²) in [7, 11) is 0. The van der Waals surface area contributed by atoms with E-state index in [9.17, 15) is 14.4 Å². The van der Waals surface area contributed by atoms with Crippen LogP contribution >= 0.6 is 0 Å². The molecule has 0 aromatic rings. The molecule has 0 rings (SSSR count). The Bertz CT molecular complexity index is 1260. The van der Waals surface area contributed by atoms with Crippen LogP contribution in [0.15, 0.2) is 109 Å². The van der Waals surface area contributed by atoms with Crippen molar-refractivity contribution in [1.82, 2.24) is 0 Å². The summed E-state index contributed by atoms with van der Waals surface area (Å²) < 4.78 is 16.6. The van der Waals surface area contributed by atoms with Crippen LogP contribution in [0, 0.1) is 0 Å². The summed E-state index contributed by atoms with van der Waals surface area (Å²) >= 11 is 0. The van der Waals surface area contributed by atoms with Crippen molar-refractivity contribution in [3.8, 4) is 0 Å². The van der Waals surface area contributed by atoms with Gasteiger partial charge in [-0.25, -0.2) is 0 Å². The lowest BCUT2D eigenvalue weighted by Gasteiger charge is -2.18. The molecule has 0 aromatic heterocycles. The van der Waals surface area contributed by atoms with Crippen LogP contribution in [-0.2, 0) is 28.6 Å². The van der Waals surface area contributed by atoms with E-state index >= 15 is 0 Å². The van der Waals surface area contributed by atoms with Crippen LogP contribution in [0.4, 0.5) is 0 Å². The molecule has 0 heterocycles. The summed E-state index contributed by atoms with van der Waals surface area (Å²) in [5.41, 5.74) is 0. The third kappa shape index (κ3) is 45.0. The Morgan fingerprint density at radius 2 is 0.746 bits per heavy atom. The Morgan fingerprint density at radius 3 is 1.25 bits per heavy atom. The molecule has 0 aliphatic rings. The molecule has 332 valence electrons. The number of allylic oxidation sites excluding steroid dienone is 18. The summed E-state index contributed by atoms with van der Waals surface area (Å²) in [6.07, 6.45) is 62.2. The van der Waals surface area contributed by atoms with E-state index in [1.807, 2.05) is 0 Å². The first-order chi connectivity index (χ1) is 29.0. The largest absolute Gasteiger partial charge is 0.462 e. The molecule has 1 atom stereocenters. The van der Waals surface area contributed by atoms with Gasteiger partial charge in [-0.3, -0.25) is 14.4 Å². The molecule has 0 radical (unpaired) electrons. The van der Waals surface area contributed by atoms with E-state index in [4.69, 9.17) is 14.2 Å². The summed E-state index contributed by atoms with van der Waals surface area (Å²) in [6.45, 7) is 6.26. The third-order valence-corrected chi connectivity index (χ3v) is 9.34. The highest BCUT2D eigenvalue weighted by Gasteiger charge is 2.19. The standard InChI is InChI=1S/C53H84O6/c1-4-7-10-13-16-19-22-24-25-26-27-28-29-32-34-37-40-43-46-52(55)58-49-50(48-57-51(54)45-42-39-36-33-30-21-18-15-12-9-6-3)59-53(56)47-44-41-38-35-31-23-20-17-14-11-8-5-2/h8-9,11-12,16-22,24-28,33,36,50H,4-7,10,13-15,23,29-32,34-35,37-49H2,1-3H3/b11-8-,12-9-,19-16-,20-17-,21-18-,24-22-,26-25-,28-27-,36-33-. The van der Waals surface area contributed by atoms with E-state index in [0.717, 1.165) is 122 Å². The van der Waals surface area contributed by atoms with Crippen LogP contribution in [0.3, 0.4) is 0 Å². The van der Waals surface area contributed by atoms with E-state index in [1.54, 1.807) is 0 Å². The van der Waals surface area contributed by atoms with Crippen LogP contribution in [0.1, 0.15) is 188 Å². The molecule has 0 spiro atoms. The highest BCUT2D eigenvalue weighted by atomic mass is 16.6.